The fourth-order valence-corrected chi connectivity index (χ4v) is 2.86. The van der Waals surface area contributed by atoms with E-state index in [-0.39, 0.29) is 47.0 Å². The summed E-state index contributed by atoms with van der Waals surface area (Å²) in [7, 11) is 0. The number of fused-ring (bicyclic) bond motifs is 1. The van der Waals surface area contributed by atoms with E-state index in [2.05, 4.69) is 0 Å². The summed E-state index contributed by atoms with van der Waals surface area (Å²) in [6.45, 7) is 0.183. The number of benzene rings is 2. The summed E-state index contributed by atoms with van der Waals surface area (Å²) in [5.74, 6) is -0.788. The smallest absolute Gasteiger partial charge is 0.238 e. The number of phenols is 2. The van der Waals surface area contributed by atoms with Crippen molar-refractivity contribution in [2.75, 3.05) is 6.61 Å². The van der Waals surface area contributed by atoms with Crippen LogP contribution in [0.3, 0.4) is 0 Å². The highest BCUT2D eigenvalue weighted by molar-refractivity contribution is 6.63. The molecule has 0 bridgehead atoms. The normalized spacial score (nSPS) is 10.9. The van der Waals surface area contributed by atoms with E-state index in [9.17, 15) is 24.9 Å². The minimum atomic E-state index is -0.713. The van der Waals surface area contributed by atoms with Crippen molar-refractivity contribution in [3.05, 3.63) is 46.6 Å². The van der Waals surface area contributed by atoms with Gasteiger partial charge in [0.15, 0.2) is 5.76 Å². The van der Waals surface area contributed by atoms with Gasteiger partial charge in [0.25, 0.3) is 0 Å². The molecule has 8 heteroatoms. The van der Waals surface area contributed by atoms with Gasteiger partial charge in [-0.3, -0.25) is 9.59 Å². The number of halogens is 1. The van der Waals surface area contributed by atoms with Crippen molar-refractivity contribution in [1.29, 1.82) is 0 Å². The molecule has 7 nitrogen and oxygen atoms in total. The van der Waals surface area contributed by atoms with Gasteiger partial charge in [-0.05, 0) is 48.7 Å². The third-order valence-electron chi connectivity index (χ3n) is 4.07. The number of rotatable bonds is 7. The number of carbonyl (C=O) groups is 1. The van der Waals surface area contributed by atoms with E-state index in [1.165, 1.54) is 36.4 Å². The van der Waals surface area contributed by atoms with Gasteiger partial charge >= 0.3 is 0 Å². The van der Waals surface area contributed by atoms with Gasteiger partial charge in [-0.25, -0.2) is 0 Å². The van der Waals surface area contributed by atoms with Gasteiger partial charge in [0, 0.05) is 24.1 Å². The Balaban J connectivity index is 1.98. The Hall–Kier alpha value is -3.19. The van der Waals surface area contributed by atoms with Gasteiger partial charge < -0.3 is 24.5 Å². The maximum absolute atomic E-state index is 12.7. The maximum Gasteiger partial charge on any atom is 0.238 e. The van der Waals surface area contributed by atoms with Crippen LogP contribution in [0, 0.1) is 0 Å². The second-order valence-corrected chi connectivity index (χ2v) is 6.56. The molecule has 0 radical (unpaired) electrons. The lowest BCUT2D eigenvalue weighted by atomic mass is 10.1. The van der Waals surface area contributed by atoms with Crippen molar-refractivity contribution in [2.24, 2.45) is 0 Å². The second-order valence-electron chi connectivity index (χ2n) is 6.13. The first-order chi connectivity index (χ1) is 13.4. The number of ether oxygens (including phenoxy) is 1. The zero-order valence-electron chi connectivity index (χ0n) is 14.6. The molecule has 0 saturated heterocycles. The van der Waals surface area contributed by atoms with Crippen LogP contribution in [0.2, 0.25) is 0 Å². The van der Waals surface area contributed by atoms with E-state index < -0.39 is 16.4 Å². The summed E-state index contributed by atoms with van der Waals surface area (Å²) in [5.41, 5.74) is -0.294. The first-order valence-electron chi connectivity index (χ1n) is 8.50. The summed E-state index contributed by atoms with van der Waals surface area (Å²) >= 11 is 5.28. The number of unbranched alkanes of at least 4 members (excludes halogenated alkanes) is 1. The van der Waals surface area contributed by atoms with Gasteiger partial charge in [-0.2, -0.15) is 0 Å². The van der Waals surface area contributed by atoms with Crippen LogP contribution >= 0.6 is 11.6 Å². The number of hydrogen-bond donors (Lipinski definition) is 3. The van der Waals surface area contributed by atoms with Gasteiger partial charge in [0.1, 0.15) is 28.2 Å². The Morgan fingerprint density at radius 3 is 2.43 bits per heavy atom. The van der Waals surface area contributed by atoms with E-state index >= 15 is 0 Å². The van der Waals surface area contributed by atoms with Gasteiger partial charge in [-0.15, -0.1) is 0 Å². The molecule has 0 aliphatic carbocycles. The van der Waals surface area contributed by atoms with Crippen molar-refractivity contribution >= 4 is 27.8 Å². The molecule has 1 aromatic heterocycles. The SMILES string of the molecule is O=C(Cl)CCCCOc1cc(O)cc2oc(-c3ccc(O)cc3)c(O)c(=O)c12. The van der Waals surface area contributed by atoms with Gasteiger partial charge in [0.05, 0.1) is 6.61 Å². The van der Waals surface area contributed by atoms with Crippen molar-refractivity contribution in [3.63, 3.8) is 0 Å². The quantitative estimate of drug-likeness (QED) is 0.404. The molecule has 28 heavy (non-hydrogen) atoms. The van der Waals surface area contributed by atoms with Crippen LogP contribution in [0.5, 0.6) is 23.0 Å². The van der Waals surface area contributed by atoms with Crippen LogP contribution in [0.15, 0.2) is 45.6 Å². The zero-order chi connectivity index (χ0) is 20.3. The first kappa shape index (κ1) is 19.6. The van der Waals surface area contributed by atoms with Crippen LogP contribution in [0.25, 0.3) is 22.3 Å². The third-order valence-corrected chi connectivity index (χ3v) is 4.26. The third kappa shape index (κ3) is 4.20. The van der Waals surface area contributed by atoms with Gasteiger partial charge in [0.2, 0.25) is 16.4 Å². The number of hydrogen-bond acceptors (Lipinski definition) is 7. The molecule has 3 N–H and O–H groups in total. The fraction of sp³-hybridized carbons (Fsp3) is 0.200. The largest absolute Gasteiger partial charge is 0.508 e. The molecule has 0 spiro atoms. The predicted molar refractivity (Wildman–Crippen MR) is 103 cm³/mol. The minimum absolute atomic E-state index is 0.00810. The molecule has 0 fully saturated rings. The van der Waals surface area contributed by atoms with E-state index in [0.717, 1.165) is 0 Å². The average Bonchev–Trinajstić information content (AvgIpc) is 2.64. The molecule has 1 heterocycles. The summed E-state index contributed by atoms with van der Waals surface area (Å²) in [4.78, 5) is 23.5. The molecule has 0 aliphatic rings. The summed E-state index contributed by atoms with van der Waals surface area (Å²) in [6.07, 6.45) is 1.24. The monoisotopic (exact) mass is 404 g/mol. The molecule has 3 rings (SSSR count). The maximum atomic E-state index is 12.7. The minimum Gasteiger partial charge on any atom is -0.508 e. The highest BCUT2D eigenvalue weighted by Crippen LogP contribution is 2.36. The molecule has 146 valence electrons. The molecule has 3 aromatic rings. The van der Waals surface area contributed by atoms with Crippen LogP contribution in [0.4, 0.5) is 0 Å². The Bertz CT molecular complexity index is 1070. The lowest BCUT2D eigenvalue weighted by Gasteiger charge is -2.11. The Labute approximate surface area is 164 Å². The molecule has 0 aliphatic heterocycles. The van der Waals surface area contributed by atoms with Gasteiger partial charge in [-0.1, -0.05) is 0 Å². The molecule has 0 amide bonds. The van der Waals surface area contributed by atoms with E-state index in [4.69, 9.17) is 20.8 Å². The standard InChI is InChI=1S/C20H17ClO7/c21-16(24)3-1-2-8-27-14-9-13(23)10-15-17(14)18(25)19(26)20(28-15)11-4-6-12(22)7-5-11/h4-7,9-10,22-23,26H,1-3,8H2. The topological polar surface area (TPSA) is 117 Å². The summed E-state index contributed by atoms with van der Waals surface area (Å²) in [6, 6.07) is 8.25. The molecule has 2 aromatic carbocycles. The molecular formula is C20H17ClO7. The first-order valence-corrected chi connectivity index (χ1v) is 8.88. The molecule has 0 saturated carbocycles. The second kappa shape index (κ2) is 8.22. The van der Waals surface area contributed by atoms with Crippen molar-refractivity contribution < 1.29 is 29.3 Å². The lowest BCUT2D eigenvalue weighted by Crippen LogP contribution is -2.07. The van der Waals surface area contributed by atoms with Crippen LogP contribution in [0.1, 0.15) is 19.3 Å². The van der Waals surface area contributed by atoms with Crippen LogP contribution < -0.4 is 10.2 Å². The Morgan fingerprint density at radius 1 is 1.04 bits per heavy atom. The Kier molecular flexibility index (Phi) is 5.75. The van der Waals surface area contributed by atoms with Crippen molar-refractivity contribution in [3.8, 4) is 34.3 Å². The number of aromatic hydroxyl groups is 3. The zero-order valence-corrected chi connectivity index (χ0v) is 15.4. The summed E-state index contributed by atoms with van der Waals surface area (Å²) in [5, 5.41) is 29.2. The molecular weight excluding hydrogens is 388 g/mol. The van der Waals surface area contributed by atoms with Crippen LogP contribution in [-0.4, -0.2) is 27.2 Å². The van der Waals surface area contributed by atoms with Crippen LogP contribution in [-0.2, 0) is 4.79 Å². The lowest BCUT2D eigenvalue weighted by molar-refractivity contribution is -0.111. The summed E-state index contributed by atoms with van der Waals surface area (Å²) < 4.78 is 11.2. The number of carbonyl (C=O) groups excluding carboxylic acids is 1. The van der Waals surface area contributed by atoms with Crippen molar-refractivity contribution in [1.82, 2.24) is 0 Å². The van der Waals surface area contributed by atoms with E-state index in [1.54, 1.807) is 0 Å². The number of phenolic OH excluding ortho intramolecular Hbond substituents is 2. The van der Waals surface area contributed by atoms with E-state index in [0.29, 0.717) is 18.4 Å². The average molecular weight is 405 g/mol. The molecule has 0 atom stereocenters. The highest BCUT2D eigenvalue weighted by atomic mass is 35.5. The Morgan fingerprint density at radius 2 is 1.75 bits per heavy atom. The van der Waals surface area contributed by atoms with E-state index in [1.807, 2.05) is 0 Å². The molecule has 0 unspecified atom stereocenters. The van der Waals surface area contributed by atoms with Crippen molar-refractivity contribution in [2.45, 2.75) is 19.3 Å². The highest BCUT2D eigenvalue weighted by Gasteiger charge is 2.19. The predicted octanol–water partition coefficient (Wildman–Crippen LogP) is 3.89. The fourth-order valence-electron chi connectivity index (χ4n) is 2.73.